The number of nitrogens with one attached hydrogen (secondary N) is 1. The Morgan fingerprint density at radius 1 is 1.00 bits per heavy atom. The minimum Gasteiger partial charge on any atom is -0.341 e. The Hall–Kier alpha value is -1.79. The molecule has 1 atom stereocenters. The molecule has 2 fully saturated rings. The van der Waals surface area contributed by atoms with Crippen molar-refractivity contribution in [2.24, 2.45) is 0 Å². The van der Waals surface area contributed by atoms with E-state index in [1.54, 1.807) is 0 Å². The molecular formula is C21H28N2O. The normalized spacial score (nSPS) is 22.9. The molecule has 3 rings (SSSR count). The van der Waals surface area contributed by atoms with Crippen LogP contribution in [0, 0.1) is 11.8 Å². The van der Waals surface area contributed by atoms with Crippen molar-refractivity contribution < 1.29 is 4.79 Å². The second-order valence-electron chi connectivity index (χ2n) is 7.07. The van der Waals surface area contributed by atoms with E-state index in [1.807, 2.05) is 30.3 Å². The second-order valence-corrected chi connectivity index (χ2v) is 7.07. The molecule has 1 saturated carbocycles. The van der Waals surface area contributed by atoms with Crippen molar-refractivity contribution in [1.29, 1.82) is 0 Å². The van der Waals surface area contributed by atoms with E-state index in [2.05, 4.69) is 22.1 Å². The van der Waals surface area contributed by atoms with Crippen LogP contribution in [0.1, 0.15) is 56.9 Å². The van der Waals surface area contributed by atoms with Gasteiger partial charge in [0.1, 0.15) is 0 Å². The first-order valence-corrected chi connectivity index (χ1v) is 9.43. The van der Waals surface area contributed by atoms with Crippen molar-refractivity contribution in [2.45, 2.75) is 63.5 Å². The summed E-state index contributed by atoms with van der Waals surface area (Å²) in [5, 5.41) is 3.12. The molecule has 3 heteroatoms. The SMILES string of the molecule is O=C(C#Cc1ccccc1)N[C@H]1CCCN(C2CCCCCC2)C1. The molecule has 1 aliphatic carbocycles. The molecule has 1 N–H and O–H groups in total. The minimum absolute atomic E-state index is 0.147. The van der Waals surface area contributed by atoms with Crippen LogP contribution in [0.5, 0.6) is 0 Å². The lowest BCUT2D eigenvalue weighted by Crippen LogP contribution is -2.50. The molecular weight excluding hydrogens is 296 g/mol. The number of hydrogen-bond acceptors (Lipinski definition) is 2. The molecule has 1 aliphatic heterocycles. The summed E-state index contributed by atoms with van der Waals surface area (Å²) in [7, 11) is 0. The van der Waals surface area contributed by atoms with Crippen molar-refractivity contribution in [2.75, 3.05) is 13.1 Å². The monoisotopic (exact) mass is 324 g/mol. The van der Waals surface area contributed by atoms with Crippen LogP contribution in [0.4, 0.5) is 0 Å². The predicted molar refractivity (Wildman–Crippen MR) is 97.5 cm³/mol. The van der Waals surface area contributed by atoms with Crippen LogP contribution in [0.15, 0.2) is 30.3 Å². The van der Waals surface area contributed by atoms with Crippen molar-refractivity contribution in [1.82, 2.24) is 10.2 Å². The second kappa shape index (κ2) is 8.89. The maximum absolute atomic E-state index is 12.1. The summed E-state index contributed by atoms with van der Waals surface area (Å²) < 4.78 is 0. The van der Waals surface area contributed by atoms with E-state index in [9.17, 15) is 4.79 Å². The first kappa shape index (κ1) is 17.0. The van der Waals surface area contributed by atoms with Gasteiger partial charge < -0.3 is 5.32 Å². The highest BCUT2D eigenvalue weighted by Crippen LogP contribution is 2.24. The molecule has 0 radical (unpaired) electrons. The highest BCUT2D eigenvalue weighted by Gasteiger charge is 2.26. The number of rotatable bonds is 2. The van der Waals surface area contributed by atoms with Gasteiger partial charge in [-0.25, -0.2) is 0 Å². The number of amides is 1. The fraction of sp³-hybridized carbons (Fsp3) is 0.571. The number of likely N-dealkylation sites (tertiary alicyclic amines) is 1. The molecule has 24 heavy (non-hydrogen) atoms. The number of piperidine rings is 1. The number of carbonyl (C=O) groups is 1. The van der Waals surface area contributed by atoms with Gasteiger partial charge in [0.25, 0.3) is 5.91 Å². The molecule has 0 unspecified atom stereocenters. The van der Waals surface area contributed by atoms with Crippen LogP contribution in [0.25, 0.3) is 0 Å². The topological polar surface area (TPSA) is 32.3 Å². The van der Waals surface area contributed by atoms with E-state index in [-0.39, 0.29) is 11.9 Å². The Kier molecular flexibility index (Phi) is 6.32. The summed E-state index contributed by atoms with van der Waals surface area (Å²) in [6.07, 6.45) is 10.4. The summed E-state index contributed by atoms with van der Waals surface area (Å²) in [4.78, 5) is 14.7. The third kappa shape index (κ3) is 5.11. The molecule has 128 valence electrons. The van der Waals surface area contributed by atoms with Crippen LogP contribution >= 0.6 is 0 Å². The van der Waals surface area contributed by atoms with Gasteiger partial charge in [0, 0.05) is 30.1 Å². The van der Waals surface area contributed by atoms with Gasteiger partial charge in [-0.05, 0) is 44.4 Å². The van der Waals surface area contributed by atoms with Gasteiger partial charge >= 0.3 is 0 Å². The molecule has 1 saturated heterocycles. The van der Waals surface area contributed by atoms with Crippen molar-refractivity contribution >= 4 is 5.91 Å². The van der Waals surface area contributed by atoms with Gasteiger partial charge in [0.2, 0.25) is 0 Å². The van der Waals surface area contributed by atoms with Crippen LogP contribution < -0.4 is 5.32 Å². The molecule has 1 aromatic carbocycles. The summed E-state index contributed by atoms with van der Waals surface area (Å²) in [6.45, 7) is 2.18. The third-order valence-corrected chi connectivity index (χ3v) is 5.22. The van der Waals surface area contributed by atoms with Gasteiger partial charge in [-0.15, -0.1) is 0 Å². The molecule has 3 nitrogen and oxygen atoms in total. The van der Waals surface area contributed by atoms with E-state index in [1.165, 1.54) is 51.5 Å². The quantitative estimate of drug-likeness (QED) is 0.668. The van der Waals surface area contributed by atoms with Gasteiger partial charge in [0.15, 0.2) is 0 Å². The van der Waals surface area contributed by atoms with Gasteiger partial charge in [-0.1, -0.05) is 49.8 Å². The van der Waals surface area contributed by atoms with E-state index in [4.69, 9.17) is 0 Å². The van der Waals surface area contributed by atoms with E-state index >= 15 is 0 Å². The highest BCUT2D eigenvalue weighted by molar-refractivity contribution is 5.94. The van der Waals surface area contributed by atoms with Crippen LogP contribution in [-0.2, 0) is 4.79 Å². The van der Waals surface area contributed by atoms with Crippen molar-refractivity contribution in [3.63, 3.8) is 0 Å². The first-order chi connectivity index (χ1) is 11.8. The Morgan fingerprint density at radius 2 is 1.75 bits per heavy atom. The minimum atomic E-state index is -0.147. The molecule has 1 heterocycles. The number of carbonyl (C=O) groups excluding carboxylic acids is 1. The van der Waals surface area contributed by atoms with Gasteiger partial charge in [-0.2, -0.15) is 0 Å². The first-order valence-electron chi connectivity index (χ1n) is 9.43. The largest absolute Gasteiger partial charge is 0.341 e. The Bertz CT molecular complexity index is 579. The van der Waals surface area contributed by atoms with Crippen molar-refractivity contribution in [3.05, 3.63) is 35.9 Å². The standard InChI is InChI=1S/C21H28N2O/c24-21(15-14-18-9-4-3-5-10-18)22-19-11-8-16-23(17-19)20-12-6-1-2-7-13-20/h3-5,9-10,19-20H,1-2,6-8,11-13,16-17H2,(H,22,24)/t19-/m0/s1. The Morgan fingerprint density at radius 3 is 2.50 bits per heavy atom. The number of nitrogens with zero attached hydrogens (tertiary/aromatic N) is 1. The van der Waals surface area contributed by atoms with Crippen LogP contribution in [-0.4, -0.2) is 36.0 Å². The Labute approximate surface area is 145 Å². The molecule has 0 aromatic heterocycles. The zero-order valence-corrected chi connectivity index (χ0v) is 14.5. The maximum Gasteiger partial charge on any atom is 0.296 e. The van der Waals surface area contributed by atoms with Gasteiger partial charge in [-0.3, -0.25) is 9.69 Å². The van der Waals surface area contributed by atoms with Gasteiger partial charge in [0.05, 0.1) is 0 Å². The lowest BCUT2D eigenvalue weighted by molar-refractivity contribution is -0.116. The third-order valence-electron chi connectivity index (χ3n) is 5.22. The van der Waals surface area contributed by atoms with Crippen LogP contribution in [0.3, 0.4) is 0 Å². The fourth-order valence-corrected chi connectivity index (χ4v) is 3.95. The molecule has 0 bridgehead atoms. The van der Waals surface area contributed by atoms with E-state index < -0.39 is 0 Å². The highest BCUT2D eigenvalue weighted by atomic mass is 16.1. The summed E-state index contributed by atoms with van der Waals surface area (Å²) in [5.74, 6) is 5.53. The lowest BCUT2D eigenvalue weighted by Gasteiger charge is -2.38. The zero-order chi connectivity index (χ0) is 16.6. The Balaban J connectivity index is 1.51. The van der Waals surface area contributed by atoms with E-state index in [0.717, 1.165) is 24.6 Å². The molecule has 2 aliphatic rings. The zero-order valence-electron chi connectivity index (χ0n) is 14.5. The van der Waals surface area contributed by atoms with Crippen LogP contribution in [0.2, 0.25) is 0 Å². The fourth-order valence-electron chi connectivity index (χ4n) is 3.95. The summed E-state index contributed by atoms with van der Waals surface area (Å²) in [6, 6.07) is 10.7. The molecule has 1 amide bonds. The van der Waals surface area contributed by atoms with E-state index in [0.29, 0.717) is 0 Å². The lowest BCUT2D eigenvalue weighted by atomic mass is 10.00. The molecule has 0 spiro atoms. The molecule has 1 aromatic rings. The average molecular weight is 324 g/mol. The summed E-state index contributed by atoms with van der Waals surface area (Å²) >= 11 is 0. The number of benzene rings is 1. The smallest absolute Gasteiger partial charge is 0.296 e. The summed E-state index contributed by atoms with van der Waals surface area (Å²) in [5.41, 5.74) is 0.886. The van der Waals surface area contributed by atoms with Crippen molar-refractivity contribution in [3.8, 4) is 11.8 Å². The maximum atomic E-state index is 12.1. The predicted octanol–water partition coefficient (Wildman–Crippen LogP) is 3.34. The average Bonchev–Trinajstić information content (AvgIpc) is 2.91. The number of hydrogen-bond donors (Lipinski definition) is 1.